The van der Waals surface area contributed by atoms with E-state index in [0.717, 1.165) is 34.7 Å². The summed E-state index contributed by atoms with van der Waals surface area (Å²) in [5.41, 5.74) is 2.67. The van der Waals surface area contributed by atoms with E-state index in [1.54, 1.807) is 16.2 Å². The first-order valence-electron chi connectivity index (χ1n) is 10.5. The van der Waals surface area contributed by atoms with Crippen molar-refractivity contribution >= 4 is 28.5 Å². The van der Waals surface area contributed by atoms with Gasteiger partial charge in [-0.15, -0.1) is 0 Å². The lowest BCUT2D eigenvalue weighted by Gasteiger charge is -2.29. The fraction of sp³-hybridized carbons (Fsp3) is 0.391. The fourth-order valence-electron chi connectivity index (χ4n) is 4.33. The molecule has 1 atom stereocenters. The highest BCUT2D eigenvalue weighted by Crippen LogP contribution is 2.29. The van der Waals surface area contributed by atoms with Crippen LogP contribution in [0.3, 0.4) is 0 Å². The molecule has 0 bridgehead atoms. The molecule has 2 heterocycles. The number of nitrogens with one attached hydrogen (secondary N) is 1. The van der Waals surface area contributed by atoms with Crippen LogP contribution in [0.5, 0.6) is 0 Å². The van der Waals surface area contributed by atoms with Gasteiger partial charge in [-0.25, -0.2) is 4.79 Å². The van der Waals surface area contributed by atoms with Gasteiger partial charge in [0.25, 0.3) is 0 Å². The number of hydrogen-bond donors (Lipinski definition) is 1. The average molecular weight is 427 g/mol. The number of carbonyl (C=O) groups is 1. The molecular weight excluding hydrogens is 400 g/mol. The molecule has 2 aromatic carbocycles. The molecule has 1 aliphatic rings. The summed E-state index contributed by atoms with van der Waals surface area (Å²) < 4.78 is 3.29. The van der Waals surface area contributed by atoms with Crippen molar-refractivity contribution in [3.05, 3.63) is 69.6 Å². The molecule has 1 N–H and O–H groups in total. The van der Waals surface area contributed by atoms with Crippen molar-refractivity contribution in [3.63, 3.8) is 0 Å². The molecular formula is C23H27ClN4O2. The molecule has 1 aliphatic heterocycles. The van der Waals surface area contributed by atoms with E-state index in [4.69, 9.17) is 11.6 Å². The van der Waals surface area contributed by atoms with Gasteiger partial charge in [0, 0.05) is 31.6 Å². The van der Waals surface area contributed by atoms with Crippen LogP contribution in [-0.4, -0.2) is 39.6 Å². The molecule has 4 rings (SSSR count). The van der Waals surface area contributed by atoms with Crippen LogP contribution in [0, 0.1) is 0 Å². The highest BCUT2D eigenvalue weighted by molar-refractivity contribution is 6.31. The van der Waals surface area contributed by atoms with Crippen LogP contribution in [0.25, 0.3) is 11.0 Å². The molecule has 0 aliphatic carbocycles. The van der Waals surface area contributed by atoms with Crippen LogP contribution in [0.1, 0.15) is 30.9 Å². The molecule has 30 heavy (non-hydrogen) atoms. The summed E-state index contributed by atoms with van der Waals surface area (Å²) in [6.45, 7) is 2.88. The first-order valence-corrected chi connectivity index (χ1v) is 10.8. The highest BCUT2D eigenvalue weighted by atomic mass is 35.5. The normalized spacial score (nSPS) is 15.5. The van der Waals surface area contributed by atoms with Crippen LogP contribution in [0.2, 0.25) is 5.02 Å². The maximum absolute atomic E-state index is 12.6. The van der Waals surface area contributed by atoms with Crippen LogP contribution in [-0.2, 0) is 18.4 Å². The second-order valence-corrected chi connectivity index (χ2v) is 8.22. The number of para-hydroxylation sites is 2. The molecule has 7 heteroatoms. The molecule has 1 saturated heterocycles. The summed E-state index contributed by atoms with van der Waals surface area (Å²) >= 11 is 6.45. The Hall–Kier alpha value is -2.57. The largest absolute Gasteiger partial charge is 0.354 e. The van der Waals surface area contributed by atoms with Gasteiger partial charge in [0.1, 0.15) is 0 Å². The van der Waals surface area contributed by atoms with Gasteiger partial charge >= 0.3 is 5.69 Å². The Labute approximate surface area is 181 Å². The average Bonchev–Trinajstić information content (AvgIpc) is 3.36. The number of hydrogen-bond acceptors (Lipinski definition) is 3. The van der Waals surface area contributed by atoms with Gasteiger partial charge in [-0.2, -0.15) is 0 Å². The predicted octanol–water partition coefficient (Wildman–Crippen LogP) is 3.34. The first-order chi connectivity index (χ1) is 14.6. The second kappa shape index (κ2) is 9.06. The van der Waals surface area contributed by atoms with E-state index in [9.17, 15) is 9.59 Å². The Bertz CT molecular complexity index is 1100. The van der Waals surface area contributed by atoms with Gasteiger partial charge in [0.15, 0.2) is 0 Å². The number of nitrogens with zero attached hydrogens (tertiary/aromatic N) is 3. The molecule has 1 fully saturated rings. The van der Waals surface area contributed by atoms with Crippen LogP contribution in [0.4, 0.5) is 0 Å². The molecule has 3 aromatic rings. The molecule has 6 nitrogen and oxygen atoms in total. The van der Waals surface area contributed by atoms with Gasteiger partial charge < -0.3 is 5.32 Å². The molecule has 158 valence electrons. The Morgan fingerprint density at radius 3 is 2.47 bits per heavy atom. The highest BCUT2D eigenvalue weighted by Gasteiger charge is 2.25. The van der Waals surface area contributed by atoms with E-state index in [2.05, 4.69) is 10.2 Å². The number of likely N-dealkylation sites (tertiary alicyclic amines) is 1. The summed E-state index contributed by atoms with van der Waals surface area (Å²) in [6.07, 6.45) is 2.58. The topological polar surface area (TPSA) is 59.3 Å². The van der Waals surface area contributed by atoms with E-state index in [0.29, 0.717) is 13.1 Å². The smallest absolute Gasteiger partial charge is 0.328 e. The SMILES string of the molecule is Cn1c(=O)n(CCC(=O)NC[C@H](c2ccccc2Cl)N2CCCC2)c2ccccc21. The monoisotopic (exact) mass is 426 g/mol. The number of aryl methyl sites for hydroxylation is 2. The molecule has 0 saturated carbocycles. The molecule has 0 unspecified atom stereocenters. The van der Waals surface area contributed by atoms with Crippen molar-refractivity contribution in [2.24, 2.45) is 7.05 Å². The third kappa shape index (κ3) is 4.16. The number of amides is 1. The van der Waals surface area contributed by atoms with E-state index in [1.165, 1.54) is 12.8 Å². The van der Waals surface area contributed by atoms with E-state index < -0.39 is 0 Å². The third-order valence-electron chi connectivity index (χ3n) is 5.95. The van der Waals surface area contributed by atoms with Crippen LogP contribution in [0.15, 0.2) is 53.3 Å². The van der Waals surface area contributed by atoms with E-state index in [-0.39, 0.29) is 24.1 Å². The molecule has 1 aromatic heterocycles. The van der Waals surface area contributed by atoms with E-state index in [1.807, 2.05) is 48.5 Å². The van der Waals surface area contributed by atoms with Crippen LogP contribution < -0.4 is 11.0 Å². The quantitative estimate of drug-likeness (QED) is 0.630. The Balaban J connectivity index is 1.43. The Kier molecular flexibility index (Phi) is 6.25. The minimum absolute atomic E-state index is 0.0606. The zero-order chi connectivity index (χ0) is 21.1. The number of carbonyl (C=O) groups excluding carboxylic acids is 1. The number of fused-ring (bicyclic) bond motifs is 1. The zero-order valence-electron chi connectivity index (χ0n) is 17.2. The van der Waals surface area contributed by atoms with Crippen molar-refractivity contribution in [2.45, 2.75) is 31.8 Å². The Morgan fingerprint density at radius 1 is 1.07 bits per heavy atom. The van der Waals surface area contributed by atoms with Gasteiger partial charge in [0.05, 0.1) is 17.1 Å². The number of benzene rings is 2. The molecule has 0 radical (unpaired) electrons. The van der Waals surface area contributed by atoms with Gasteiger partial charge in [-0.3, -0.25) is 18.8 Å². The summed E-state index contributed by atoms with van der Waals surface area (Å²) in [5.74, 6) is -0.0638. The van der Waals surface area contributed by atoms with Gasteiger partial charge in [-0.1, -0.05) is 41.9 Å². The van der Waals surface area contributed by atoms with Crippen LogP contribution >= 0.6 is 11.6 Å². The van der Waals surface area contributed by atoms with Gasteiger partial charge in [-0.05, 0) is 49.7 Å². The van der Waals surface area contributed by atoms with Crippen molar-refractivity contribution in [1.82, 2.24) is 19.4 Å². The summed E-state index contributed by atoms with van der Waals surface area (Å²) in [5, 5.41) is 3.80. The maximum Gasteiger partial charge on any atom is 0.328 e. The second-order valence-electron chi connectivity index (χ2n) is 7.82. The molecule has 0 spiro atoms. The number of rotatable bonds is 7. The lowest BCUT2D eigenvalue weighted by molar-refractivity contribution is -0.121. The van der Waals surface area contributed by atoms with Crippen molar-refractivity contribution in [3.8, 4) is 0 Å². The minimum atomic E-state index is -0.102. The number of aromatic nitrogens is 2. The zero-order valence-corrected chi connectivity index (χ0v) is 17.9. The lowest BCUT2D eigenvalue weighted by Crippen LogP contribution is -2.37. The number of halogens is 1. The standard InChI is InChI=1S/C23H27ClN4O2/c1-26-19-10-4-5-11-20(19)28(23(26)30)15-12-22(29)25-16-21(27-13-6-7-14-27)17-8-2-3-9-18(17)24/h2-5,8-11,21H,6-7,12-16H2,1H3,(H,25,29)/t21-/m1/s1. The third-order valence-corrected chi connectivity index (χ3v) is 6.30. The van der Waals surface area contributed by atoms with Crippen molar-refractivity contribution in [1.29, 1.82) is 0 Å². The summed E-state index contributed by atoms with van der Waals surface area (Å²) in [7, 11) is 1.76. The minimum Gasteiger partial charge on any atom is -0.354 e. The maximum atomic E-state index is 12.6. The van der Waals surface area contributed by atoms with Gasteiger partial charge in [0.2, 0.25) is 5.91 Å². The summed E-state index contributed by atoms with van der Waals surface area (Å²) in [4.78, 5) is 27.5. The Morgan fingerprint density at radius 2 is 1.73 bits per heavy atom. The lowest BCUT2D eigenvalue weighted by atomic mass is 10.1. The summed E-state index contributed by atoms with van der Waals surface area (Å²) in [6, 6.07) is 15.5. The predicted molar refractivity (Wildman–Crippen MR) is 120 cm³/mol. The van der Waals surface area contributed by atoms with Crippen molar-refractivity contribution < 1.29 is 4.79 Å². The molecule has 1 amide bonds. The first kappa shape index (κ1) is 20.7. The fourth-order valence-corrected chi connectivity index (χ4v) is 4.59. The van der Waals surface area contributed by atoms with E-state index >= 15 is 0 Å². The number of imidazole rings is 1. The van der Waals surface area contributed by atoms with Crippen molar-refractivity contribution in [2.75, 3.05) is 19.6 Å².